The van der Waals surface area contributed by atoms with Gasteiger partial charge in [-0.3, -0.25) is 9.59 Å². The molecule has 1 unspecified atom stereocenters. The van der Waals surface area contributed by atoms with Crippen molar-refractivity contribution in [3.63, 3.8) is 0 Å². The van der Waals surface area contributed by atoms with E-state index in [2.05, 4.69) is 5.32 Å². The standard InChI is InChI=1S/C17H23FN2O3/c1-12(21)20-7-6-17(2,11-20)16(22)19-9-13-4-5-15(18)14(8-13)10-23-3/h4-5,8H,6-7,9-11H2,1-3H3,(H,19,22). The van der Waals surface area contributed by atoms with Crippen molar-refractivity contribution >= 4 is 11.8 Å². The number of halogens is 1. The number of nitrogens with zero attached hydrogens (tertiary/aromatic N) is 1. The van der Waals surface area contributed by atoms with Crippen LogP contribution in [-0.2, 0) is 27.5 Å². The zero-order valence-electron chi connectivity index (χ0n) is 13.8. The Balaban J connectivity index is 1.97. The molecule has 23 heavy (non-hydrogen) atoms. The lowest BCUT2D eigenvalue weighted by atomic mass is 9.88. The molecule has 0 bridgehead atoms. The van der Waals surface area contributed by atoms with Crippen molar-refractivity contribution < 1.29 is 18.7 Å². The molecule has 0 aromatic heterocycles. The summed E-state index contributed by atoms with van der Waals surface area (Å²) >= 11 is 0. The molecular formula is C17H23FN2O3. The molecule has 0 saturated carbocycles. The van der Waals surface area contributed by atoms with Crippen molar-refractivity contribution in [2.75, 3.05) is 20.2 Å². The summed E-state index contributed by atoms with van der Waals surface area (Å²) in [6.07, 6.45) is 0.650. The predicted octanol–water partition coefficient (Wildman–Crippen LogP) is 1.85. The van der Waals surface area contributed by atoms with E-state index in [0.29, 0.717) is 31.6 Å². The van der Waals surface area contributed by atoms with Crippen molar-refractivity contribution in [3.8, 4) is 0 Å². The van der Waals surface area contributed by atoms with Gasteiger partial charge in [-0.1, -0.05) is 6.07 Å². The number of rotatable bonds is 5. The highest BCUT2D eigenvalue weighted by Crippen LogP contribution is 2.30. The maximum Gasteiger partial charge on any atom is 0.228 e. The molecule has 1 atom stereocenters. The molecular weight excluding hydrogens is 299 g/mol. The van der Waals surface area contributed by atoms with E-state index < -0.39 is 5.41 Å². The van der Waals surface area contributed by atoms with Crippen molar-refractivity contribution in [1.82, 2.24) is 10.2 Å². The molecule has 1 aromatic carbocycles. The van der Waals surface area contributed by atoms with Crippen molar-refractivity contribution in [2.24, 2.45) is 5.41 Å². The Labute approximate surface area is 135 Å². The van der Waals surface area contributed by atoms with E-state index in [-0.39, 0.29) is 24.2 Å². The predicted molar refractivity (Wildman–Crippen MR) is 83.9 cm³/mol. The first-order valence-corrected chi connectivity index (χ1v) is 7.66. The zero-order chi connectivity index (χ0) is 17.0. The van der Waals surface area contributed by atoms with Crippen LogP contribution in [0.25, 0.3) is 0 Å². The third-order valence-corrected chi connectivity index (χ3v) is 4.33. The maximum absolute atomic E-state index is 13.6. The fourth-order valence-corrected chi connectivity index (χ4v) is 2.82. The van der Waals surface area contributed by atoms with E-state index in [1.807, 2.05) is 6.92 Å². The minimum Gasteiger partial charge on any atom is -0.380 e. The number of methoxy groups -OCH3 is 1. The van der Waals surface area contributed by atoms with Gasteiger partial charge in [-0.05, 0) is 31.0 Å². The highest BCUT2D eigenvalue weighted by atomic mass is 19.1. The number of amides is 2. The molecule has 0 radical (unpaired) electrons. The SMILES string of the molecule is COCc1cc(CNC(=O)C2(C)CCN(C(C)=O)C2)ccc1F. The van der Waals surface area contributed by atoms with E-state index in [0.717, 1.165) is 5.56 Å². The Morgan fingerprint density at radius 1 is 1.43 bits per heavy atom. The number of hydrogen-bond donors (Lipinski definition) is 1. The Kier molecular flexibility index (Phi) is 5.36. The average molecular weight is 322 g/mol. The fourth-order valence-electron chi connectivity index (χ4n) is 2.82. The number of likely N-dealkylation sites (tertiary alicyclic amines) is 1. The summed E-state index contributed by atoms with van der Waals surface area (Å²) in [5.74, 6) is -0.412. The molecule has 1 fully saturated rings. The fraction of sp³-hybridized carbons (Fsp3) is 0.529. The van der Waals surface area contributed by atoms with Gasteiger partial charge in [0.05, 0.1) is 12.0 Å². The van der Waals surface area contributed by atoms with Gasteiger partial charge in [-0.2, -0.15) is 0 Å². The lowest BCUT2D eigenvalue weighted by molar-refractivity contribution is -0.131. The largest absolute Gasteiger partial charge is 0.380 e. The molecule has 0 spiro atoms. The molecule has 1 aromatic rings. The molecule has 1 N–H and O–H groups in total. The number of nitrogens with one attached hydrogen (secondary N) is 1. The van der Waals surface area contributed by atoms with Crippen LogP contribution in [-0.4, -0.2) is 36.9 Å². The number of carbonyl (C=O) groups excluding carboxylic acids is 2. The van der Waals surface area contributed by atoms with Gasteiger partial charge in [0, 0.05) is 39.2 Å². The summed E-state index contributed by atoms with van der Waals surface area (Å²) in [5.41, 5.74) is 0.715. The van der Waals surface area contributed by atoms with Crippen LogP contribution in [0.4, 0.5) is 4.39 Å². The van der Waals surface area contributed by atoms with E-state index in [1.54, 1.807) is 17.0 Å². The molecule has 6 heteroatoms. The van der Waals surface area contributed by atoms with E-state index in [9.17, 15) is 14.0 Å². The van der Waals surface area contributed by atoms with E-state index in [4.69, 9.17) is 4.74 Å². The highest BCUT2D eigenvalue weighted by Gasteiger charge is 2.40. The summed E-state index contributed by atoms with van der Waals surface area (Å²) in [5, 5.41) is 2.89. The molecule has 2 rings (SSSR count). The first-order valence-electron chi connectivity index (χ1n) is 7.66. The lowest BCUT2D eigenvalue weighted by Crippen LogP contribution is -2.41. The molecule has 126 valence electrons. The second-order valence-corrected chi connectivity index (χ2v) is 6.29. The van der Waals surface area contributed by atoms with E-state index in [1.165, 1.54) is 20.1 Å². The van der Waals surface area contributed by atoms with Gasteiger partial charge in [-0.25, -0.2) is 4.39 Å². The summed E-state index contributed by atoms with van der Waals surface area (Å²) < 4.78 is 18.5. The highest BCUT2D eigenvalue weighted by molar-refractivity contribution is 5.84. The smallest absolute Gasteiger partial charge is 0.228 e. The first-order chi connectivity index (χ1) is 10.9. The molecule has 5 nitrogen and oxygen atoms in total. The molecule has 1 saturated heterocycles. The number of benzene rings is 1. The summed E-state index contributed by atoms with van der Waals surface area (Å²) in [4.78, 5) is 25.5. The van der Waals surface area contributed by atoms with Crippen LogP contribution in [0.2, 0.25) is 0 Å². The first kappa shape index (κ1) is 17.4. The lowest BCUT2D eigenvalue weighted by Gasteiger charge is -2.23. The van der Waals surface area contributed by atoms with Gasteiger partial charge in [0.2, 0.25) is 11.8 Å². The van der Waals surface area contributed by atoms with Crippen LogP contribution in [0.1, 0.15) is 31.4 Å². The molecule has 2 amide bonds. The zero-order valence-corrected chi connectivity index (χ0v) is 13.8. The van der Waals surface area contributed by atoms with Crippen LogP contribution in [0.3, 0.4) is 0 Å². The van der Waals surface area contributed by atoms with Gasteiger partial charge in [-0.15, -0.1) is 0 Å². The topological polar surface area (TPSA) is 58.6 Å². The van der Waals surface area contributed by atoms with Gasteiger partial charge in [0.25, 0.3) is 0 Å². The van der Waals surface area contributed by atoms with Crippen molar-refractivity contribution in [3.05, 3.63) is 35.1 Å². The van der Waals surface area contributed by atoms with E-state index >= 15 is 0 Å². The Morgan fingerprint density at radius 2 is 2.17 bits per heavy atom. The monoisotopic (exact) mass is 322 g/mol. The quantitative estimate of drug-likeness (QED) is 0.900. The van der Waals surface area contributed by atoms with Crippen LogP contribution in [0.15, 0.2) is 18.2 Å². The minimum atomic E-state index is -0.568. The van der Waals surface area contributed by atoms with Crippen LogP contribution >= 0.6 is 0 Å². The normalized spacial score (nSPS) is 20.6. The van der Waals surface area contributed by atoms with Gasteiger partial charge in [0.15, 0.2) is 0 Å². The third kappa shape index (κ3) is 4.07. The van der Waals surface area contributed by atoms with Crippen LogP contribution in [0, 0.1) is 11.2 Å². The van der Waals surface area contributed by atoms with Crippen LogP contribution < -0.4 is 5.32 Å². The Bertz CT molecular complexity index is 606. The second-order valence-electron chi connectivity index (χ2n) is 6.29. The summed E-state index contributed by atoms with van der Waals surface area (Å²) in [6, 6.07) is 4.72. The summed E-state index contributed by atoms with van der Waals surface area (Å²) in [7, 11) is 1.51. The second kappa shape index (κ2) is 7.08. The summed E-state index contributed by atoms with van der Waals surface area (Å²) in [6.45, 7) is 4.94. The molecule has 1 heterocycles. The van der Waals surface area contributed by atoms with Gasteiger partial charge >= 0.3 is 0 Å². The Morgan fingerprint density at radius 3 is 2.78 bits per heavy atom. The van der Waals surface area contributed by atoms with Gasteiger partial charge < -0.3 is 15.0 Å². The van der Waals surface area contributed by atoms with Crippen molar-refractivity contribution in [2.45, 2.75) is 33.4 Å². The number of carbonyl (C=O) groups is 2. The average Bonchev–Trinajstić information content (AvgIpc) is 2.92. The van der Waals surface area contributed by atoms with Crippen LogP contribution in [0.5, 0.6) is 0 Å². The molecule has 1 aliphatic rings. The number of hydrogen-bond acceptors (Lipinski definition) is 3. The maximum atomic E-state index is 13.6. The number of ether oxygens (including phenoxy) is 1. The molecule has 1 aliphatic heterocycles. The minimum absolute atomic E-state index is 0.00994. The third-order valence-electron chi connectivity index (χ3n) is 4.33. The Hall–Kier alpha value is -1.95. The van der Waals surface area contributed by atoms with Crippen molar-refractivity contribution in [1.29, 1.82) is 0 Å². The molecule has 0 aliphatic carbocycles. The van der Waals surface area contributed by atoms with Gasteiger partial charge in [0.1, 0.15) is 5.82 Å².